The first-order chi connectivity index (χ1) is 6.50. The van der Waals surface area contributed by atoms with Crippen molar-refractivity contribution < 1.29 is 0 Å². The summed E-state index contributed by atoms with van der Waals surface area (Å²) in [4.78, 5) is 22.9. The Morgan fingerprint density at radius 3 is 2.36 bits per heavy atom. The van der Waals surface area contributed by atoms with E-state index < -0.39 is 5.56 Å². The van der Waals surface area contributed by atoms with Gasteiger partial charge in [0.15, 0.2) is 0 Å². The normalized spacial score (nSPS) is 9.93. The molecular formula is C8H12N4O2. The summed E-state index contributed by atoms with van der Waals surface area (Å²) in [7, 11) is 2.98. The summed E-state index contributed by atoms with van der Waals surface area (Å²) in [6.07, 6.45) is 0.911. The Hall–Kier alpha value is -1.85. The molecule has 0 radical (unpaired) electrons. The second-order valence-corrected chi connectivity index (χ2v) is 2.95. The van der Waals surface area contributed by atoms with Gasteiger partial charge in [-0.3, -0.25) is 19.3 Å². The second-order valence-electron chi connectivity index (χ2n) is 2.95. The first-order valence-electron chi connectivity index (χ1n) is 4.02. The zero-order valence-electron chi connectivity index (χ0n) is 8.29. The van der Waals surface area contributed by atoms with E-state index in [1.807, 2.05) is 0 Å². The lowest BCUT2D eigenvalue weighted by Gasteiger charge is -2.10. The molecule has 2 N–H and O–H groups in total. The summed E-state index contributed by atoms with van der Waals surface area (Å²) >= 11 is 0. The van der Waals surface area contributed by atoms with Gasteiger partial charge in [0.25, 0.3) is 5.56 Å². The highest BCUT2D eigenvalue weighted by atomic mass is 16.2. The molecule has 1 aromatic rings. The van der Waals surface area contributed by atoms with Crippen LogP contribution in [0.4, 0.5) is 5.69 Å². The number of hydrogen-bond acceptors (Lipinski definition) is 3. The highest BCUT2D eigenvalue weighted by Crippen LogP contribution is 2.02. The highest BCUT2D eigenvalue weighted by Gasteiger charge is 2.10. The third kappa shape index (κ3) is 1.34. The molecule has 0 amide bonds. The van der Waals surface area contributed by atoms with Crippen LogP contribution in [0.3, 0.4) is 0 Å². The van der Waals surface area contributed by atoms with E-state index in [0.717, 1.165) is 10.9 Å². The Morgan fingerprint density at radius 2 is 1.86 bits per heavy atom. The lowest BCUT2D eigenvalue weighted by molar-refractivity contribution is 0.672. The van der Waals surface area contributed by atoms with Crippen molar-refractivity contribution in [3.63, 3.8) is 0 Å². The van der Waals surface area contributed by atoms with Gasteiger partial charge in [-0.15, -0.1) is 0 Å². The topological polar surface area (TPSA) is 79.9 Å². The summed E-state index contributed by atoms with van der Waals surface area (Å²) < 4.78 is 2.35. The maximum atomic E-state index is 11.5. The predicted octanol–water partition coefficient (Wildman–Crippen LogP) is -0.589. The molecule has 0 bridgehead atoms. The number of rotatable bonds is 2. The summed E-state index contributed by atoms with van der Waals surface area (Å²) in [5.41, 5.74) is -0.0247. The minimum absolute atomic E-state index is 0.254. The van der Waals surface area contributed by atoms with E-state index >= 15 is 0 Å². The maximum Gasteiger partial charge on any atom is 0.330 e. The zero-order valence-corrected chi connectivity index (χ0v) is 8.29. The van der Waals surface area contributed by atoms with E-state index in [1.54, 1.807) is 14.0 Å². The van der Waals surface area contributed by atoms with E-state index in [0.29, 0.717) is 5.69 Å². The van der Waals surface area contributed by atoms with Crippen molar-refractivity contribution in [2.75, 3.05) is 5.32 Å². The molecule has 6 nitrogen and oxygen atoms in total. The SMILES string of the molecule is Cc1c(NC=N)c(=O)n(C)c(=O)n1C. The fraction of sp³-hybridized carbons (Fsp3) is 0.375. The molecular weight excluding hydrogens is 184 g/mol. The molecule has 0 saturated heterocycles. The second kappa shape index (κ2) is 3.49. The minimum atomic E-state index is -0.422. The minimum Gasteiger partial charge on any atom is -0.341 e. The van der Waals surface area contributed by atoms with E-state index in [2.05, 4.69) is 5.32 Å². The third-order valence-electron chi connectivity index (χ3n) is 2.17. The van der Waals surface area contributed by atoms with E-state index in [9.17, 15) is 9.59 Å². The Balaban J connectivity index is 3.68. The average molecular weight is 196 g/mol. The van der Waals surface area contributed by atoms with Gasteiger partial charge in [0.1, 0.15) is 5.69 Å². The van der Waals surface area contributed by atoms with Gasteiger partial charge in [0.05, 0.1) is 6.34 Å². The summed E-state index contributed by atoms with van der Waals surface area (Å²) in [6, 6.07) is 0. The molecule has 1 rings (SSSR count). The molecule has 0 aliphatic rings. The number of anilines is 1. The molecule has 0 saturated carbocycles. The van der Waals surface area contributed by atoms with Gasteiger partial charge < -0.3 is 5.32 Å². The smallest absolute Gasteiger partial charge is 0.330 e. The van der Waals surface area contributed by atoms with Crippen LogP contribution in [-0.4, -0.2) is 15.5 Å². The van der Waals surface area contributed by atoms with E-state index in [4.69, 9.17) is 5.41 Å². The van der Waals surface area contributed by atoms with Crippen molar-refractivity contribution in [3.05, 3.63) is 26.5 Å². The summed E-state index contributed by atoms with van der Waals surface area (Å²) in [5, 5.41) is 9.36. The molecule has 76 valence electrons. The van der Waals surface area contributed by atoms with Crippen LogP contribution in [0.2, 0.25) is 0 Å². The zero-order chi connectivity index (χ0) is 10.9. The van der Waals surface area contributed by atoms with Gasteiger partial charge >= 0.3 is 5.69 Å². The molecule has 0 spiro atoms. The van der Waals surface area contributed by atoms with Gasteiger partial charge in [-0.05, 0) is 6.92 Å². The van der Waals surface area contributed by atoms with Crippen molar-refractivity contribution in [2.24, 2.45) is 14.1 Å². The van der Waals surface area contributed by atoms with Gasteiger partial charge in [0.2, 0.25) is 0 Å². The number of nitrogens with one attached hydrogen (secondary N) is 2. The molecule has 0 aromatic carbocycles. The number of aromatic nitrogens is 2. The van der Waals surface area contributed by atoms with Gasteiger partial charge in [0, 0.05) is 19.8 Å². The van der Waals surface area contributed by atoms with Crippen LogP contribution in [0.5, 0.6) is 0 Å². The quantitative estimate of drug-likeness (QED) is 0.490. The van der Waals surface area contributed by atoms with Crippen molar-refractivity contribution in [2.45, 2.75) is 6.92 Å². The molecule has 6 heteroatoms. The average Bonchev–Trinajstić information content (AvgIpc) is 2.19. The molecule has 14 heavy (non-hydrogen) atoms. The Bertz CT molecular complexity index is 483. The highest BCUT2D eigenvalue weighted by molar-refractivity contribution is 5.73. The lowest BCUT2D eigenvalue weighted by atomic mass is 10.3. The fourth-order valence-electron chi connectivity index (χ4n) is 1.18. The monoisotopic (exact) mass is 196 g/mol. The van der Waals surface area contributed by atoms with Crippen molar-refractivity contribution >= 4 is 12.0 Å². The van der Waals surface area contributed by atoms with Gasteiger partial charge in [-0.25, -0.2) is 4.79 Å². The van der Waals surface area contributed by atoms with Crippen molar-refractivity contribution in [3.8, 4) is 0 Å². The van der Waals surface area contributed by atoms with Crippen LogP contribution in [-0.2, 0) is 14.1 Å². The maximum absolute atomic E-state index is 11.5. The Kier molecular flexibility index (Phi) is 2.55. The molecule has 1 heterocycles. The van der Waals surface area contributed by atoms with E-state index in [-0.39, 0.29) is 11.4 Å². The molecule has 0 aliphatic carbocycles. The molecule has 0 aliphatic heterocycles. The van der Waals surface area contributed by atoms with Crippen LogP contribution in [0.25, 0.3) is 0 Å². The summed E-state index contributed by atoms with van der Waals surface area (Å²) in [6.45, 7) is 1.65. The summed E-state index contributed by atoms with van der Waals surface area (Å²) in [5.74, 6) is 0. The Labute approximate surface area is 80.3 Å². The van der Waals surface area contributed by atoms with Crippen LogP contribution in [0.15, 0.2) is 9.59 Å². The first-order valence-corrected chi connectivity index (χ1v) is 4.02. The predicted molar refractivity (Wildman–Crippen MR) is 54.1 cm³/mol. The van der Waals surface area contributed by atoms with Crippen molar-refractivity contribution in [1.29, 1.82) is 5.41 Å². The van der Waals surface area contributed by atoms with Gasteiger partial charge in [-0.1, -0.05) is 0 Å². The lowest BCUT2D eigenvalue weighted by Crippen LogP contribution is -2.39. The van der Waals surface area contributed by atoms with Gasteiger partial charge in [-0.2, -0.15) is 0 Å². The number of nitrogens with zero attached hydrogens (tertiary/aromatic N) is 2. The molecule has 1 aromatic heterocycles. The number of hydrogen-bond donors (Lipinski definition) is 2. The largest absolute Gasteiger partial charge is 0.341 e. The molecule has 0 fully saturated rings. The first kappa shape index (κ1) is 10.2. The van der Waals surface area contributed by atoms with Crippen LogP contribution >= 0.6 is 0 Å². The van der Waals surface area contributed by atoms with Crippen molar-refractivity contribution in [1.82, 2.24) is 9.13 Å². The third-order valence-corrected chi connectivity index (χ3v) is 2.17. The standard InChI is InChI=1S/C8H12N4O2/c1-5-6(10-4-9)7(13)12(3)8(14)11(5)2/h4H,1-3H3,(H2,9,10). The van der Waals surface area contributed by atoms with Crippen LogP contribution < -0.4 is 16.6 Å². The molecule has 0 unspecified atom stereocenters. The fourth-order valence-corrected chi connectivity index (χ4v) is 1.18. The Morgan fingerprint density at radius 1 is 1.29 bits per heavy atom. The molecule has 0 atom stereocenters. The van der Waals surface area contributed by atoms with E-state index in [1.165, 1.54) is 11.6 Å². The van der Waals surface area contributed by atoms with Crippen LogP contribution in [0.1, 0.15) is 5.69 Å². The van der Waals surface area contributed by atoms with Crippen LogP contribution in [0, 0.1) is 12.3 Å².